The average molecular weight is 255 g/mol. The van der Waals surface area contributed by atoms with Crippen molar-refractivity contribution in [1.82, 2.24) is 15.5 Å². The van der Waals surface area contributed by atoms with Gasteiger partial charge in [-0.2, -0.15) is 5.10 Å². The SMILES string of the molecule is Cc1ccc(-c2c(C3CCCN3)n[nH]c2C)c(C)c1. The first-order chi connectivity index (χ1) is 9.16. The summed E-state index contributed by atoms with van der Waals surface area (Å²) in [6.07, 6.45) is 2.42. The molecule has 1 aliphatic rings. The second-order valence-corrected chi connectivity index (χ2v) is 5.58. The maximum absolute atomic E-state index is 4.55. The molecule has 0 bridgehead atoms. The van der Waals surface area contributed by atoms with Gasteiger partial charge in [0.05, 0.1) is 11.7 Å². The monoisotopic (exact) mass is 255 g/mol. The molecule has 0 radical (unpaired) electrons. The zero-order valence-corrected chi connectivity index (χ0v) is 11.9. The number of benzene rings is 1. The minimum Gasteiger partial charge on any atom is -0.309 e. The van der Waals surface area contributed by atoms with Gasteiger partial charge in [-0.1, -0.05) is 23.8 Å². The highest BCUT2D eigenvalue weighted by atomic mass is 15.1. The average Bonchev–Trinajstić information content (AvgIpc) is 2.99. The topological polar surface area (TPSA) is 40.7 Å². The lowest BCUT2D eigenvalue weighted by atomic mass is 9.94. The number of rotatable bonds is 2. The van der Waals surface area contributed by atoms with Crippen molar-refractivity contribution in [3.63, 3.8) is 0 Å². The Morgan fingerprint density at radius 3 is 2.74 bits per heavy atom. The Labute approximate surface area is 114 Å². The van der Waals surface area contributed by atoms with Gasteiger partial charge in [0.1, 0.15) is 0 Å². The molecule has 3 nitrogen and oxygen atoms in total. The first kappa shape index (κ1) is 12.4. The molecule has 0 saturated carbocycles. The van der Waals surface area contributed by atoms with E-state index in [2.05, 4.69) is 54.5 Å². The third-order valence-electron chi connectivity index (χ3n) is 4.02. The van der Waals surface area contributed by atoms with Crippen LogP contribution in [0, 0.1) is 20.8 Å². The van der Waals surface area contributed by atoms with Crippen molar-refractivity contribution in [2.75, 3.05) is 6.54 Å². The number of aromatic nitrogens is 2. The molecule has 1 aromatic carbocycles. The minimum atomic E-state index is 0.403. The van der Waals surface area contributed by atoms with Crippen LogP contribution in [0.15, 0.2) is 18.2 Å². The highest BCUT2D eigenvalue weighted by molar-refractivity contribution is 5.72. The molecule has 1 atom stereocenters. The van der Waals surface area contributed by atoms with Crippen LogP contribution < -0.4 is 5.32 Å². The number of H-pyrrole nitrogens is 1. The van der Waals surface area contributed by atoms with Gasteiger partial charge in [0, 0.05) is 11.3 Å². The molecular formula is C16H21N3. The molecule has 2 aromatic rings. The summed E-state index contributed by atoms with van der Waals surface area (Å²) in [5.41, 5.74) is 7.57. The largest absolute Gasteiger partial charge is 0.309 e. The van der Waals surface area contributed by atoms with Gasteiger partial charge in [0.15, 0.2) is 0 Å². The number of nitrogens with zero attached hydrogens (tertiary/aromatic N) is 1. The summed E-state index contributed by atoms with van der Waals surface area (Å²) in [6.45, 7) is 7.53. The molecule has 3 heteroatoms. The molecule has 3 rings (SSSR count). The van der Waals surface area contributed by atoms with Crippen molar-refractivity contribution in [3.05, 3.63) is 40.7 Å². The lowest BCUT2D eigenvalue weighted by molar-refractivity contribution is 0.626. The molecule has 0 spiro atoms. The fourth-order valence-corrected chi connectivity index (χ4v) is 3.05. The second-order valence-electron chi connectivity index (χ2n) is 5.58. The molecule has 1 saturated heterocycles. The van der Waals surface area contributed by atoms with Gasteiger partial charge in [0.2, 0.25) is 0 Å². The van der Waals surface area contributed by atoms with Crippen LogP contribution in [0.25, 0.3) is 11.1 Å². The number of hydrogen-bond donors (Lipinski definition) is 2. The summed E-state index contributed by atoms with van der Waals surface area (Å²) in [6, 6.07) is 7.05. The highest BCUT2D eigenvalue weighted by Gasteiger charge is 2.24. The van der Waals surface area contributed by atoms with Crippen LogP contribution in [0.4, 0.5) is 0 Å². The summed E-state index contributed by atoms with van der Waals surface area (Å²) < 4.78 is 0. The summed E-state index contributed by atoms with van der Waals surface area (Å²) in [7, 11) is 0. The fourth-order valence-electron chi connectivity index (χ4n) is 3.05. The molecule has 2 N–H and O–H groups in total. The molecular weight excluding hydrogens is 234 g/mol. The van der Waals surface area contributed by atoms with E-state index < -0.39 is 0 Å². The van der Waals surface area contributed by atoms with E-state index >= 15 is 0 Å². The first-order valence-corrected chi connectivity index (χ1v) is 7.02. The van der Waals surface area contributed by atoms with Crippen molar-refractivity contribution in [2.24, 2.45) is 0 Å². The van der Waals surface area contributed by atoms with Gasteiger partial charge in [-0.05, 0) is 51.3 Å². The molecule has 1 fully saturated rings. The van der Waals surface area contributed by atoms with E-state index in [9.17, 15) is 0 Å². The van der Waals surface area contributed by atoms with Gasteiger partial charge >= 0.3 is 0 Å². The van der Waals surface area contributed by atoms with Crippen molar-refractivity contribution >= 4 is 0 Å². The zero-order valence-electron chi connectivity index (χ0n) is 11.9. The summed E-state index contributed by atoms with van der Waals surface area (Å²) in [5, 5.41) is 11.3. The Kier molecular flexibility index (Phi) is 3.15. The van der Waals surface area contributed by atoms with E-state index in [4.69, 9.17) is 0 Å². The van der Waals surface area contributed by atoms with Crippen molar-refractivity contribution in [3.8, 4) is 11.1 Å². The summed E-state index contributed by atoms with van der Waals surface area (Å²) >= 11 is 0. The lowest BCUT2D eigenvalue weighted by Crippen LogP contribution is -2.14. The number of hydrogen-bond acceptors (Lipinski definition) is 2. The van der Waals surface area contributed by atoms with Crippen LogP contribution in [0.3, 0.4) is 0 Å². The van der Waals surface area contributed by atoms with Gasteiger partial charge < -0.3 is 5.32 Å². The molecule has 0 amide bonds. The second kappa shape index (κ2) is 4.82. The maximum Gasteiger partial charge on any atom is 0.0872 e. The normalized spacial score (nSPS) is 19.0. The highest BCUT2D eigenvalue weighted by Crippen LogP contribution is 2.35. The predicted octanol–water partition coefficient (Wildman–Crippen LogP) is 3.43. The summed E-state index contributed by atoms with van der Waals surface area (Å²) in [5.74, 6) is 0. The van der Waals surface area contributed by atoms with E-state index in [-0.39, 0.29) is 0 Å². The van der Waals surface area contributed by atoms with Crippen molar-refractivity contribution in [2.45, 2.75) is 39.7 Å². The molecule has 1 unspecified atom stereocenters. The third kappa shape index (κ3) is 2.19. The van der Waals surface area contributed by atoms with Crippen molar-refractivity contribution in [1.29, 1.82) is 0 Å². The van der Waals surface area contributed by atoms with Crippen LogP contribution in [-0.2, 0) is 0 Å². The zero-order chi connectivity index (χ0) is 13.4. The van der Waals surface area contributed by atoms with Crippen LogP contribution in [0.5, 0.6) is 0 Å². The molecule has 1 aliphatic heterocycles. The van der Waals surface area contributed by atoms with E-state index in [1.165, 1.54) is 40.8 Å². The minimum absolute atomic E-state index is 0.403. The molecule has 2 heterocycles. The van der Waals surface area contributed by atoms with Gasteiger partial charge in [-0.25, -0.2) is 0 Å². The Balaban J connectivity index is 2.10. The quantitative estimate of drug-likeness (QED) is 0.863. The van der Waals surface area contributed by atoms with Crippen LogP contribution in [-0.4, -0.2) is 16.7 Å². The smallest absolute Gasteiger partial charge is 0.0872 e. The Morgan fingerprint density at radius 1 is 1.21 bits per heavy atom. The summed E-state index contributed by atoms with van der Waals surface area (Å²) in [4.78, 5) is 0. The number of nitrogens with one attached hydrogen (secondary N) is 2. The Morgan fingerprint density at radius 2 is 2.05 bits per heavy atom. The van der Waals surface area contributed by atoms with Crippen LogP contribution in [0.2, 0.25) is 0 Å². The predicted molar refractivity (Wildman–Crippen MR) is 78.2 cm³/mol. The lowest BCUT2D eigenvalue weighted by Gasteiger charge is -2.13. The van der Waals surface area contributed by atoms with Crippen molar-refractivity contribution < 1.29 is 0 Å². The van der Waals surface area contributed by atoms with E-state index in [0.717, 1.165) is 12.2 Å². The molecule has 100 valence electrons. The maximum atomic E-state index is 4.55. The van der Waals surface area contributed by atoms with Gasteiger partial charge in [-0.15, -0.1) is 0 Å². The van der Waals surface area contributed by atoms with Crippen LogP contribution >= 0.6 is 0 Å². The molecule has 1 aromatic heterocycles. The Bertz CT molecular complexity index is 592. The number of aromatic amines is 1. The van der Waals surface area contributed by atoms with Gasteiger partial charge in [-0.3, -0.25) is 5.10 Å². The third-order valence-corrected chi connectivity index (χ3v) is 4.02. The molecule has 19 heavy (non-hydrogen) atoms. The van der Waals surface area contributed by atoms with E-state index in [1.54, 1.807) is 0 Å². The van der Waals surface area contributed by atoms with E-state index in [1.807, 2.05) is 0 Å². The fraction of sp³-hybridized carbons (Fsp3) is 0.438. The van der Waals surface area contributed by atoms with Gasteiger partial charge in [0.25, 0.3) is 0 Å². The first-order valence-electron chi connectivity index (χ1n) is 7.02. The Hall–Kier alpha value is -1.61. The van der Waals surface area contributed by atoms with Crippen LogP contribution in [0.1, 0.15) is 41.4 Å². The molecule has 0 aliphatic carbocycles. The van der Waals surface area contributed by atoms with E-state index in [0.29, 0.717) is 6.04 Å². The number of aryl methyl sites for hydroxylation is 3. The standard InChI is InChI=1S/C16H21N3/c1-10-6-7-13(11(2)9-10)15-12(3)18-19-16(15)14-5-4-8-17-14/h6-7,9,14,17H,4-5,8H2,1-3H3,(H,18,19).